The molecule has 0 saturated carbocycles. The topological polar surface area (TPSA) is 34.1 Å². The molecule has 2 unspecified atom stereocenters. The summed E-state index contributed by atoms with van der Waals surface area (Å²) in [5.74, 6) is 0. The molecule has 3 aliphatic rings. The van der Waals surface area contributed by atoms with Gasteiger partial charge in [0, 0.05) is 0 Å². The first kappa shape index (κ1) is 18.3. The van der Waals surface area contributed by atoms with Crippen molar-refractivity contribution < 1.29 is 8.42 Å². The average molecular weight is 373 g/mol. The van der Waals surface area contributed by atoms with Crippen molar-refractivity contribution in [1.82, 2.24) is 0 Å². The predicted molar refractivity (Wildman–Crippen MR) is 109 cm³/mol. The van der Waals surface area contributed by atoms with Gasteiger partial charge >= 0.3 is 0 Å². The quantitative estimate of drug-likeness (QED) is 0.655. The van der Waals surface area contributed by atoms with Gasteiger partial charge in [-0.05, 0) is 77.7 Å². The van der Waals surface area contributed by atoms with E-state index in [0.717, 1.165) is 19.3 Å². The minimum atomic E-state index is -2.95. The number of hydrogen-bond acceptors (Lipinski definition) is 2. The largest absolute Gasteiger partial charge is 0.228 e. The highest BCUT2D eigenvalue weighted by Crippen LogP contribution is 2.48. The fourth-order valence-electron chi connectivity index (χ4n) is 5.32. The zero-order valence-electron chi connectivity index (χ0n) is 16.9. The third-order valence-electron chi connectivity index (χ3n) is 7.28. The molecule has 3 heteroatoms. The monoisotopic (exact) mass is 372 g/mol. The zero-order chi connectivity index (χ0) is 18.9. The number of hydrogen-bond donors (Lipinski definition) is 0. The molecule has 2 bridgehead atoms. The third-order valence-corrected chi connectivity index (χ3v) is 9.83. The fourth-order valence-corrected chi connectivity index (χ4v) is 7.57. The Labute approximate surface area is 159 Å². The molecule has 1 fully saturated rings. The molecule has 0 radical (unpaired) electrons. The van der Waals surface area contributed by atoms with Gasteiger partial charge in [0.15, 0.2) is 9.84 Å². The van der Waals surface area contributed by atoms with Gasteiger partial charge in [-0.25, -0.2) is 8.42 Å². The summed E-state index contributed by atoms with van der Waals surface area (Å²) in [7, 11) is -2.95. The minimum Gasteiger partial charge on any atom is -0.228 e. The predicted octanol–water partition coefficient (Wildman–Crippen LogP) is 5.47. The molecule has 142 valence electrons. The van der Waals surface area contributed by atoms with E-state index in [1.165, 1.54) is 40.7 Å². The standard InChI is InChI=1S/C23H32O2S/c1-15-11-20-21(23(4,5)10-9-22(20,2)3)14-19(15)16-12-17-7-6-8-18(13-16)26(17,24)25/h11-12,14,17-18H,6-10,13H2,1-5H3. The second-order valence-electron chi connectivity index (χ2n) is 10.1. The number of benzene rings is 1. The van der Waals surface area contributed by atoms with Crippen molar-refractivity contribution in [3.63, 3.8) is 0 Å². The maximum Gasteiger partial charge on any atom is 0.159 e. The Bertz CT molecular complexity index is 887. The Hall–Kier alpha value is -1.09. The molecule has 2 nitrogen and oxygen atoms in total. The summed E-state index contributed by atoms with van der Waals surface area (Å²) in [4.78, 5) is 0. The molecule has 2 heterocycles. The molecule has 0 aromatic heterocycles. The lowest BCUT2D eigenvalue weighted by molar-refractivity contribution is 0.331. The molecule has 1 aromatic carbocycles. The Balaban J connectivity index is 1.86. The summed E-state index contributed by atoms with van der Waals surface area (Å²) < 4.78 is 25.3. The molecule has 2 aliphatic heterocycles. The van der Waals surface area contributed by atoms with Crippen LogP contribution in [0.4, 0.5) is 0 Å². The van der Waals surface area contributed by atoms with Crippen LogP contribution in [0.5, 0.6) is 0 Å². The molecule has 4 rings (SSSR count). The Morgan fingerprint density at radius 3 is 2.19 bits per heavy atom. The second kappa shape index (κ2) is 5.70. The molecule has 26 heavy (non-hydrogen) atoms. The molecule has 1 aromatic rings. The maximum atomic E-state index is 12.6. The first-order valence-corrected chi connectivity index (χ1v) is 11.7. The molecule has 2 atom stereocenters. The Kier molecular flexibility index (Phi) is 4.01. The normalized spacial score (nSPS) is 31.0. The molecular weight excluding hydrogens is 340 g/mol. The van der Waals surface area contributed by atoms with Gasteiger partial charge in [0.25, 0.3) is 0 Å². The van der Waals surface area contributed by atoms with Crippen molar-refractivity contribution >= 4 is 15.4 Å². The number of rotatable bonds is 1. The van der Waals surface area contributed by atoms with Crippen molar-refractivity contribution in [3.8, 4) is 0 Å². The van der Waals surface area contributed by atoms with Crippen LogP contribution in [-0.2, 0) is 20.7 Å². The third kappa shape index (κ3) is 2.69. The van der Waals surface area contributed by atoms with Crippen LogP contribution in [0.15, 0.2) is 18.2 Å². The lowest BCUT2D eigenvalue weighted by Gasteiger charge is -2.43. The van der Waals surface area contributed by atoms with Gasteiger partial charge in [-0.15, -0.1) is 0 Å². The van der Waals surface area contributed by atoms with Crippen molar-refractivity contribution in [2.75, 3.05) is 0 Å². The van der Waals surface area contributed by atoms with E-state index in [-0.39, 0.29) is 21.3 Å². The van der Waals surface area contributed by atoms with E-state index >= 15 is 0 Å². The summed E-state index contributed by atoms with van der Waals surface area (Å²) in [6, 6.07) is 4.80. The van der Waals surface area contributed by atoms with E-state index in [4.69, 9.17) is 0 Å². The van der Waals surface area contributed by atoms with Gasteiger partial charge in [0.1, 0.15) is 0 Å². The van der Waals surface area contributed by atoms with E-state index in [0.29, 0.717) is 6.42 Å². The highest BCUT2D eigenvalue weighted by molar-refractivity contribution is 7.93. The second-order valence-corrected chi connectivity index (χ2v) is 12.5. The fraction of sp³-hybridized carbons (Fsp3) is 0.652. The van der Waals surface area contributed by atoms with Crippen molar-refractivity contribution in [2.24, 2.45) is 0 Å². The zero-order valence-corrected chi connectivity index (χ0v) is 17.7. The van der Waals surface area contributed by atoms with Crippen LogP contribution in [0, 0.1) is 6.92 Å². The Morgan fingerprint density at radius 2 is 1.58 bits per heavy atom. The summed E-state index contributed by atoms with van der Waals surface area (Å²) in [5.41, 5.74) is 7.22. The smallest absolute Gasteiger partial charge is 0.159 e. The van der Waals surface area contributed by atoms with Crippen LogP contribution >= 0.6 is 0 Å². The SMILES string of the molecule is Cc1cc2c(cc1C1=CC3CCCC(C1)S3(=O)=O)C(C)(C)CCC2(C)C. The van der Waals surface area contributed by atoms with E-state index in [1.54, 1.807) is 0 Å². The van der Waals surface area contributed by atoms with E-state index in [2.05, 4.69) is 52.8 Å². The van der Waals surface area contributed by atoms with Gasteiger partial charge in [-0.3, -0.25) is 0 Å². The van der Waals surface area contributed by atoms with Crippen LogP contribution in [-0.4, -0.2) is 18.9 Å². The molecule has 1 saturated heterocycles. The maximum absolute atomic E-state index is 12.6. The van der Waals surface area contributed by atoms with Gasteiger partial charge in [0.05, 0.1) is 10.5 Å². The summed E-state index contributed by atoms with van der Waals surface area (Å²) in [5, 5.41) is -0.425. The molecule has 0 amide bonds. The van der Waals surface area contributed by atoms with Crippen LogP contribution in [0.3, 0.4) is 0 Å². The van der Waals surface area contributed by atoms with Gasteiger partial charge in [-0.1, -0.05) is 52.3 Å². The summed E-state index contributed by atoms with van der Waals surface area (Å²) >= 11 is 0. The van der Waals surface area contributed by atoms with Crippen molar-refractivity contribution in [1.29, 1.82) is 0 Å². The Morgan fingerprint density at radius 1 is 0.962 bits per heavy atom. The van der Waals surface area contributed by atoms with Crippen LogP contribution in [0.25, 0.3) is 5.57 Å². The number of sulfone groups is 1. The van der Waals surface area contributed by atoms with Crippen LogP contribution in [0.1, 0.15) is 88.5 Å². The first-order chi connectivity index (χ1) is 12.0. The first-order valence-electron chi connectivity index (χ1n) is 10.1. The molecular formula is C23H32O2S. The highest BCUT2D eigenvalue weighted by Gasteiger charge is 2.42. The number of fused-ring (bicyclic) bond motifs is 3. The minimum absolute atomic E-state index is 0.166. The van der Waals surface area contributed by atoms with Crippen LogP contribution in [0.2, 0.25) is 0 Å². The average Bonchev–Trinajstić information content (AvgIpc) is 2.51. The molecule has 0 spiro atoms. The van der Waals surface area contributed by atoms with Gasteiger partial charge in [0.2, 0.25) is 0 Å². The summed E-state index contributed by atoms with van der Waals surface area (Å²) in [6.07, 6.45) is 7.88. The van der Waals surface area contributed by atoms with E-state index in [1.807, 2.05) is 0 Å². The van der Waals surface area contributed by atoms with E-state index in [9.17, 15) is 8.42 Å². The van der Waals surface area contributed by atoms with Gasteiger partial charge < -0.3 is 0 Å². The van der Waals surface area contributed by atoms with Gasteiger partial charge in [-0.2, -0.15) is 0 Å². The van der Waals surface area contributed by atoms with Crippen molar-refractivity contribution in [3.05, 3.63) is 40.5 Å². The lowest BCUT2D eigenvalue weighted by Crippen LogP contribution is -2.39. The number of allylic oxidation sites excluding steroid dienone is 1. The van der Waals surface area contributed by atoms with E-state index < -0.39 is 9.84 Å². The van der Waals surface area contributed by atoms with Crippen LogP contribution < -0.4 is 0 Å². The highest BCUT2D eigenvalue weighted by atomic mass is 32.2. The summed E-state index contributed by atoms with van der Waals surface area (Å²) in [6.45, 7) is 11.6. The molecule has 1 aliphatic carbocycles. The number of aryl methyl sites for hydroxylation is 1. The van der Waals surface area contributed by atoms with Crippen molar-refractivity contribution in [2.45, 2.75) is 94.5 Å². The molecule has 0 N–H and O–H groups in total. The lowest BCUT2D eigenvalue weighted by atomic mass is 9.62.